The fraction of sp³-hybridized carbons (Fsp3) is 0.571. The molecular formula is C21H29N3O4. The van der Waals surface area contributed by atoms with Crippen LogP contribution in [-0.2, 0) is 14.4 Å². The first kappa shape index (κ1) is 20.2. The molecule has 28 heavy (non-hydrogen) atoms. The van der Waals surface area contributed by atoms with Gasteiger partial charge in [-0.3, -0.25) is 14.4 Å². The maximum absolute atomic E-state index is 13.4. The number of amides is 3. The Labute approximate surface area is 166 Å². The predicted octanol–water partition coefficient (Wildman–Crippen LogP) is 1.69. The second-order valence-corrected chi connectivity index (χ2v) is 7.34. The third-order valence-corrected chi connectivity index (χ3v) is 5.86. The van der Waals surface area contributed by atoms with Crippen LogP contribution in [-0.4, -0.2) is 72.3 Å². The predicted molar refractivity (Wildman–Crippen MR) is 105 cm³/mol. The van der Waals surface area contributed by atoms with Gasteiger partial charge in [-0.25, -0.2) is 0 Å². The normalized spacial score (nSPS) is 23.0. The van der Waals surface area contributed by atoms with Gasteiger partial charge in [-0.2, -0.15) is 0 Å². The summed E-state index contributed by atoms with van der Waals surface area (Å²) >= 11 is 0. The zero-order chi connectivity index (χ0) is 20.3. The molecule has 2 fully saturated rings. The van der Waals surface area contributed by atoms with E-state index >= 15 is 0 Å². The number of nitrogens with zero attached hydrogens (tertiary/aromatic N) is 3. The summed E-state index contributed by atoms with van der Waals surface area (Å²) in [7, 11) is 1.61. The quantitative estimate of drug-likeness (QED) is 0.788. The molecule has 0 saturated carbocycles. The number of carbonyl (C=O) groups excluding carboxylic acids is 3. The number of ether oxygens (including phenoxy) is 1. The molecule has 7 heteroatoms. The molecule has 0 bridgehead atoms. The van der Waals surface area contributed by atoms with E-state index in [9.17, 15) is 14.4 Å². The minimum Gasteiger partial charge on any atom is -0.496 e. The second-order valence-electron chi connectivity index (χ2n) is 7.34. The van der Waals surface area contributed by atoms with Gasteiger partial charge in [-0.15, -0.1) is 0 Å². The van der Waals surface area contributed by atoms with Gasteiger partial charge in [-0.05, 0) is 19.4 Å². The highest BCUT2D eigenvalue weighted by molar-refractivity contribution is 5.85. The van der Waals surface area contributed by atoms with Crippen LogP contribution >= 0.6 is 0 Å². The molecule has 2 aliphatic heterocycles. The van der Waals surface area contributed by atoms with E-state index in [1.165, 1.54) is 0 Å². The smallest absolute Gasteiger partial charge is 0.228 e. The Hall–Kier alpha value is -2.57. The zero-order valence-electron chi connectivity index (χ0n) is 16.9. The summed E-state index contributed by atoms with van der Waals surface area (Å²) in [6, 6.07) is 7.29. The van der Waals surface area contributed by atoms with Crippen LogP contribution < -0.4 is 4.74 Å². The fourth-order valence-corrected chi connectivity index (χ4v) is 4.36. The number of para-hydroxylation sites is 1. The Morgan fingerprint density at radius 1 is 1.11 bits per heavy atom. The molecule has 3 rings (SSSR count). The summed E-state index contributed by atoms with van der Waals surface area (Å²) in [4.78, 5) is 43.0. The summed E-state index contributed by atoms with van der Waals surface area (Å²) < 4.78 is 5.53. The summed E-state index contributed by atoms with van der Waals surface area (Å²) in [5, 5.41) is 0. The van der Waals surface area contributed by atoms with Crippen LogP contribution in [0.1, 0.15) is 38.3 Å². The third-order valence-electron chi connectivity index (χ3n) is 5.86. The molecule has 3 amide bonds. The van der Waals surface area contributed by atoms with Crippen molar-refractivity contribution in [1.82, 2.24) is 14.7 Å². The number of methoxy groups -OCH3 is 1. The number of benzene rings is 1. The minimum atomic E-state index is -0.333. The largest absolute Gasteiger partial charge is 0.496 e. The van der Waals surface area contributed by atoms with Crippen molar-refractivity contribution in [3.8, 4) is 5.75 Å². The first-order valence-electron chi connectivity index (χ1n) is 9.94. The van der Waals surface area contributed by atoms with Gasteiger partial charge in [0, 0.05) is 51.6 Å². The molecule has 2 aliphatic rings. The fourth-order valence-electron chi connectivity index (χ4n) is 4.36. The van der Waals surface area contributed by atoms with Crippen LogP contribution in [0, 0.1) is 5.92 Å². The van der Waals surface area contributed by atoms with Gasteiger partial charge >= 0.3 is 0 Å². The molecule has 152 valence electrons. The monoisotopic (exact) mass is 387 g/mol. The number of rotatable bonds is 4. The Morgan fingerprint density at radius 2 is 1.75 bits per heavy atom. The van der Waals surface area contributed by atoms with Gasteiger partial charge in [0.1, 0.15) is 5.75 Å². The van der Waals surface area contributed by atoms with E-state index in [4.69, 9.17) is 4.74 Å². The van der Waals surface area contributed by atoms with Crippen LogP contribution in [0.2, 0.25) is 0 Å². The maximum Gasteiger partial charge on any atom is 0.228 e. The molecule has 7 nitrogen and oxygen atoms in total. The average Bonchev–Trinajstić information content (AvgIpc) is 2.73. The van der Waals surface area contributed by atoms with E-state index in [-0.39, 0.29) is 29.7 Å². The number of piperidine rings is 1. The van der Waals surface area contributed by atoms with E-state index < -0.39 is 0 Å². The van der Waals surface area contributed by atoms with E-state index in [1.54, 1.807) is 23.8 Å². The molecule has 0 aromatic heterocycles. The second kappa shape index (κ2) is 8.63. The molecule has 0 unspecified atom stereocenters. The number of hydrogen-bond donors (Lipinski definition) is 0. The Balaban J connectivity index is 1.88. The molecule has 2 atom stereocenters. The molecule has 1 aromatic carbocycles. The molecular weight excluding hydrogens is 358 g/mol. The standard InChI is InChI=1S/C21H29N3O4/c1-4-24-19(26)10-9-17(20(24)16-7-5-6-8-18(16)28-3)21(27)23-13-11-22(12-14-23)15(2)25/h5-8,17,20H,4,9-14H2,1-3H3/t17-,20+/m1/s1. The van der Waals surface area contributed by atoms with Crippen molar-refractivity contribution in [2.75, 3.05) is 39.8 Å². The third kappa shape index (κ3) is 3.84. The van der Waals surface area contributed by atoms with Crippen LogP contribution in [0.5, 0.6) is 5.75 Å². The number of piperazine rings is 1. The lowest BCUT2D eigenvalue weighted by molar-refractivity contribution is -0.150. The Kier molecular flexibility index (Phi) is 6.21. The topological polar surface area (TPSA) is 70.2 Å². The summed E-state index contributed by atoms with van der Waals surface area (Å²) in [5.74, 6) is 0.561. The molecule has 0 spiro atoms. The first-order chi connectivity index (χ1) is 13.5. The number of likely N-dealkylation sites (tertiary alicyclic amines) is 1. The average molecular weight is 387 g/mol. The molecule has 2 heterocycles. The lowest BCUT2D eigenvalue weighted by Crippen LogP contribution is -2.54. The summed E-state index contributed by atoms with van der Waals surface area (Å²) in [6.45, 7) is 6.23. The zero-order valence-corrected chi connectivity index (χ0v) is 16.9. The van der Waals surface area contributed by atoms with Crippen LogP contribution in [0.3, 0.4) is 0 Å². The molecule has 2 saturated heterocycles. The van der Waals surface area contributed by atoms with Gasteiger partial charge in [-0.1, -0.05) is 18.2 Å². The molecule has 0 N–H and O–H groups in total. The number of hydrogen-bond acceptors (Lipinski definition) is 4. The molecule has 1 aromatic rings. The van der Waals surface area contributed by atoms with Gasteiger partial charge in [0.15, 0.2) is 0 Å². The lowest BCUT2D eigenvalue weighted by Gasteiger charge is -2.43. The van der Waals surface area contributed by atoms with Crippen molar-refractivity contribution in [2.45, 2.75) is 32.7 Å². The van der Waals surface area contributed by atoms with E-state index in [0.29, 0.717) is 51.3 Å². The van der Waals surface area contributed by atoms with Crippen molar-refractivity contribution in [2.24, 2.45) is 5.92 Å². The molecule has 0 radical (unpaired) electrons. The maximum atomic E-state index is 13.4. The Morgan fingerprint density at radius 3 is 2.36 bits per heavy atom. The number of carbonyl (C=O) groups is 3. The van der Waals surface area contributed by atoms with Gasteiger partial charge in [0.2, 0.25) is 17.7 Å². The van der Waals surface area contributed by atoms with Crippen molar-refractivity contribution < 1.29 is 19.1 Å². The van der Waals surface area contributed by atoms with E-state index in [0.717, 1.165) is 5.56 Å². The first-order valence-corrected chi connectivity index (χ1v) is 9.94. The highest BCUT2D eigenvalue weighted by Crippen LogP contribution is 2.41. The van der Waals surface area contributed by atoms with Crippen molar-refractivity contribution in [3.05, 3.63) is 29.8 Å². The van der Waals surface area contributed by atoms with Crippen molar-refractivity contribution in [3.63, 3.8) is 0 Å². The molecule has 0 aliphatic carbocycles. The van der Waals surface area contributed by atoms with Gasteiger partial charge in [0.25, 0.3) is 0 Å². The highest BCUT2D eigenvalue weighted by atomic mass is 16.5. The van der Waals surface area contributed by atoms with Crippen LogP contribution in [0.4, 0.5) is 0 Å². The van der Waals surface area contributed by atoms with Crippen molar-refractivity contribution in [1.29, 1.82) is 0 Å². The Bertz CT molecular complexity index is 743. The van der Waals surface area contributed by atoms with E-state index in [2.05, 4.69) is 0 Å². The van der Waals surface area contributed by atoms with Crippen LogP contribution in [0.15, 0.2) is 24.3 Å². The summed E-state index contributed by atoms with van der Waals surface area (Å²) in [5.41, 5.74) is 0.876. The van der Waals surface area contributed by atoms with Gasteiger partial charge in [0.05, 0.1) is 19.1 Å². The van der Waals surface area contributed by atoms with Crippen LogP contribution in [0.25, 0.3) is 0 Å². The SMILES string of the molecule is CCN1C(=O)CC[C@@H](C(=O)N2CCN(C(C)=O)CC2)[C@@H]1c1ccccc1OC. The van der Waals surface area contributed by atoms with Crippen molar-refractivity contribution >= 4 is 17.7 Å². The minimum absolute atomic E-state index is 0.0411. The summed E-state index contributed by atoms with van der Waals surface area (Å²) in [6.07, 6.45) is 0.910. The van der Waals surface area contributed by atoms with E-state index in [1.807, 2.05) is 36.1 Å². The highest BCUT2D eigenvalue weighted by Gasteiger charge is 2.43. The lowest BCUT2D eigenvalue weighted by atomic mass is 9.82. The van der Waals surface area contributed by atoms with Gasteiger partial charge < -0.3 is 19.4 Å².